The summed E-state index contributed by atoms with van der Waals surface area (Å²) in [6.45, 7) is 1.82. The largest absolute Gasteiger partial charge is 0.481 e. The second-order valence-corrected chi connectivity index (χ2v) is 4.71. The third kappa shape index (κ3) is 3.75. The van der Waals surface area contributed by atoms with Gasteiger partial charge >= 0.3 is 5.97 Å². The van der Waals surface area contributed by atoms with Crippen molar-refractivity contribution in [3.8, 4) is 11.6 Å². The SMILES string of the molecule is CC(CC(=O)O)Cc1nnc(-c2ccc(Cl)cn2)o1. The zero-order valence-electron chi connectivity index (χ0n) is 10.2. The van der Waals surface area contributed by atoms with Gasteiger partial charge in [0.2, 0.25) is 5.89 Å². The molecule has 0 aromatic carbocycles. The molecule has 0 spiro atoms. The van der Waals surface area contributed by atoms with E-state index in [1.54, 1.807) is 12.1 Å². The van der Waals surface area contributed by atoms with Crippen LogP contribution >= 0.6 is 11.6 Å². The first-order chi connectivity index (χ1) is 9.04. The van der Waals surface area contributed by atoms with E-state index in [0.29, 0.717) is 28.9 Å². The lowest BCUT2D eigenvalue weighted by molar-refractivity contribution is -0.137. The van der Waals surface area contributed by atoms with Crippen LogP contribution in [-0.2, 0) is 11.2 Å². The quantitative estimate of drug-likeness (QED) is 0.905. The zero-order valence-corrected chi connectivity index (χ0v) is 11.0. The van der Waals surface area contributed by atoms with Gasteiger partial charge in [-0.15, -0.1) is 10.2 Å². The van der Waals surface area contributed by atoms with Gasteiger partial charge in [0.15, 0.2) is 0 Å². The van der Waals surface area contributed by atoms with E-state index >= 15 is 0 Å². The molecule has 0 aliphatic carbocycles. The summed E-state index contributed by atoms with van der Waals surface area (Å²) < 4.78 is 5.44. The van der Waals surface area contributed by atoms with Gasteiger partial charge in [-0.3, -0.25) is 4.79 Å². The Hall–Kier alpha value is -1.95. The first kappa shape index (κ1) is 13.5. The molecular formula is C12H12ClN3O3. The fraction of sp³-hybridized carbons (Fsp3) is 0.333. The number of halogens is 1. The minimum absolute atomic E-state index is 0.0658. The lowest BCUT2D eigenvalue weighted by Gasteiger charge is -2.03. The van der Waals surface area contributed by atoms with Gasteiger partial charge in [0.1, 0.15) is 5.69 Å². The number of aromatic nitrogens is 3. The summed E-state index contributed by atoms with van der Waals surface area (Å²) in [5, 5.41) is 17.0. The van der Waals surface area contributed by atoms with E-state index in [-0.39, 0.29) is 12.3 Å². The molecule has 2 aromatic heterocycles. The van der Waals surface area contributed by atoms with Crippen LogP contribution in [-0.4, -0.2) is 26.3 Å². The summed E-state index contributed by atoms with van der Waals surface area (Å²) in [6.07, 6.45) is 1.98. The molecule has 6 nitrogen and oxygen atoms in total. The van der Waals surface area contributed by atoms with Crippen LogP contribution in [0.25, 0.3) is 11.6 Å². The molecule has 0 aliphatic rings. The topological polar surface area (TPSA) is 89.1 Å². The molecule has 0 radical (unpaired) electrons. The number of carbonyl (C=O) groups is 1. The van der Waals surface area contributed by atoms with Crippen LogP contribution in [0, 0.1) is 5.92 Å². The molecule has 1 atom stereocenters. The van der Waals surface area contributed by atoms with Crippen molar-refractivity contribution in [1.82, 2.24) is 15.2 Å². The van der Waals surface area contributed by atoms with Crippen LogP contribution in [0.4, 0.5) is 0 Å². The van der Waals surface area contributed by atoms with E-state index in [9.17, 15) is 4.79 Å². The minimum Gasteiger partial charge on any atom is -0.481 e. The Morgan fingerprint density at radius 2 is 2.26 bits per heavy atom. The van der Waals surface area contributed by atoms with Gasteiger partial charge in [0.25, 0.3) is 5.89 Å². The predicted molar refractivity (Wildman–Crippen MR) is 67.7 cm³/mol. The minimum atomic E-state index is -0.841. The van der Waals surface area contributed by atoms with Crippen molar-refractivity contribution < 1.29 is 14.3 Å². The normalized spacial score (nSPS) is 12.3. The summed E-state index contributed by atoms with van der Waals surface area (Å²) in [7, 11) is 0. The monoisotopic (exact) mass is 281 g/mol. The maximum absolute atomic E-state index is 10.6. The van der Waals surface area contributed by atoms with E-state index in [1.807, 2.05) is 6.92 Å². The third-order valence-electron chi connectivity index (χ3n) is 2.46. The smallest absolute Gasteiger partial charge is 0.303 e. The average molecular weight is 282 g/mol. The predicted octanol–water partition coefficient (Wildman–Crippen LogP) is 2.44. The second-order valence-electron chi connectivity index (χ2n) is 4.27. The van der Waals surface area contributed by atoms with E-state index < -0.39 is 5.97 Å². The first-order valence-electron chi connectivity index (χ1n) is 5.70. The maximum Gasteiger partial charge on any atom is 0.303 e. The standard InChI is InChI=1S/C12H12ClN3O3/c1-7(5-11(17)18)4-10-15-16-12(19-10)9-3-2-8(13)6-14-9/h2-3,6-7H,4-5H2,1H3,(H,17,18). The van der Waals surface area contributed by atoms with Crippen LogP contribution < -0.4 is 0 Å². The average Bonchev–Trinajstić information content (AvgIpc) is 2.77. The van der Waals surface area contributed by atoms with Crippen molar-refractivity contribution in [2.45, 2.75) is 19.8 Å². The van der Waals surface area contributed by atoms with Gasteiger partial charge in [-0.05, 0) is 18.1 Å². The number of carboxylic acid groups (broad SMARTS) is 1. The highest BCUT2D eigenvalue weighted by Crippen LogP contribution is 2.19. The number of hydrogen-bond acceptors (Lipinski definition) is 5. The Morgan fingerprint density at radius 1 is 1.47 bits per heavy atom. The van der Waals surface area contributed by atoms with Crippen molar-refractivity contribution in [3.63, 3.8) is 0 Å². The molecule has 0 aliphatic heterocycles. The van der Waals surface area contributed by atoms with Crippen LogP contribution in [0.5, 0.6) is 0 Å². The molecule has 2 rings (SSSR count). The number of aliphatic carboxylic acids is 1. The van der Waals surface area contributed by atoms with Crippen LogP contribution in [0.3, 0.4) is 0 Å². The Bertz CT molecular complexity index is 568. The fourth-order valence-corrected chi connectivity index (χ4v) is 1.72. The van der Waals surface area contributed by atoms with Gasteiger partial charge < -0.3 is 9.52 Å². The maximum atomic E-state index is 10.6. The van der Waals surface area contributed by atoms with Crippen molar-refractivity contribution in [2.24, 2.45) is 5.92 Å². The summed E-state index contributed by atoms with van der Waals surface area (Å²) in [5.41, 5.74) is 0.536. The molecule has 100 valence electrons. The molecule has 2 heterocycles. The van der Waals surface area contributed by atoms with Gasteiger partial charge in [-0.1, -0.05) is 18.5 Å². The van der Waals surface area contributed by atoms with E-state index in [1.165, 1.54) is 6.20 Å². The van der Waals surface area contributed by atoms with Gasteiger partial charge in [0.05, 0.1) is 5.02 Å². The summed E-state index contributed by atoms with van der Waals surface area (Å²) >= 11 is 5.74. The first-order valence-corrected chi connectivity index (χ1v) is 6.08. The number of nitrogens with zero attached hydrogens (tertiary/aromatic N) is 3. The Balaban J connectivity index is 2.06. The van der Waals surface area contributed by atoms with Crippen molar-refractivity contribution >= 4 is 17.6 Å². The molecule has 0 fully saturated rings. The number of carboxylic acids is 1. The molecule has 19 heavy (non-hydrogen) atoms. The molecule has 0 saturated carbocycles. The summed E-state index contributed by atoms with van der Waals surface area (Å²) in [6, 6.07) is 3.36. The molecule has 7 heteroatoms. The lowest BCUT2D eigenvalue weighted by atomic mass is 10.0. The second kappa shape index (κ2) is 5.79. The molecule has 0 bridgehead atoms. The fourth-order valence-electron chi connectivity index (χ4n) is 1.61. The van der Waals surface area contributed by atoms with Gasteiger partial charge in [0, 0.05) is 19.0 Å². The van der Waals surface area contributed by atoms with Crippen molar-refractivity contribution in [2.75, 3.05) is 0 Å². The van der Waals surface area contributed by atoms with E-state index in [2.05, 4.69) is 15.2 Å². The molecule has 2 aromatic rings. The van der Waals surface area contributed by atoms with Crippen LogP contribution in [0.2, 0.25) is 5.02 Å². The van der Waals surface area contributed by atoms with Crippen molar-refractivity contribution in [3.05, 3.63) is 29.2 Å². The Kier molecular flexibility index (Phi) is 4.11. The van der Waals surface area contributed by atoms with Crippen LogP contribution in [0.1, 0.15) is 19.2 Å². The van der Waals surface area contributed by atoms with E-state index in [0.717, 1.165) is 0 Å². The molecule has 1 unspecified atom stereocenters. The van der Waals surface area contributed by atoms with Crippen molar-refractivity contribution in [1.29, 1.82) is 0 Å². The van der Waals surface area contributed by atoms with Crippen LogP contribution in [0.15, 0.2) is 22.7 Å². The summed E-state index contributed by atoms with van der Waals surface area (Å²) in [4.78, 5) is 14.6. The third-order valence-corrected chi connectivity index (χ3v) is 2.68. The van der Waals surface area contributed by atoms with Gasteiger partial charge in [-0.2, -0.15) is 0 Å². The van der Waals surface area contributed by atoms with Gasteiger partial charge in [-0.25, -0.2) is 4.98 Å². The highest BCUT2D eigenvalue weighted by atomic mass is 35.5. The molecule has 1 N–H and O–H groups in total. The molecule has 0 amide bonds. The molecular weight excluding hydrogens is 270 g/mol. The summed E-state index contributed by atoms with van der Waals surface area (Å²) in [5.74, 6) is -0.203. The highest BCUT2D eigenvalue weighted by molar-refractivity contribution is 6.30. The Labute approximate surface area is 114 Å². The lowest BCUT2D eigenvalue weighted by Crippen LogP contribution is -2.07. The van der Waals surface area contributed by atoms with E-state index in [4.69, 9.17) is 21.1 Å². The highest BCUT2D eigenvalue weighted by Gasteiger charge is 2.14. The Morgan fingerprint density at radius 3 is 2.89 bits per heavy atom. The molecule has 0 saturated heterocycles. The number of hydrogen-bond donors (Lipinski definition) is 1. The number of pyridine rings is 1. The zero-order chi connectivity index (χ0) is 13.8. The number of rotatable bonds is 5.